The smallest absolute Gasteiger partial charge is 0.136 e. The Balaban J connectivity index is 2.96. The highest BCUT2D eigenvalue weighted by atomic mass is 15.0. The summed E-state index contributed by atoms with van der Waals surface area (Å²) in [5.41, 5.74) is 9.34. The fourth-order valence-electron chi connectivity index (χ4n) is 2.30. The Morgan fingerprint density at radius 2 is 1.81 bits per heavy atom. The van der Waals surface area contributed by atoms with Gasteiger partial charge in [0.15, 0.2) is 0 Å². The second-order valence-electron chi connectivity index (χ2n) is 4.56. The third-order valence-electron chi connectivity index (χ3n) is 3.06. The van der Waals surface area contributed by atoms with Crippen molar-refractivity contribution in [3.8, 4) is 0 Å². The van der Waals surface area contributed by atoms with E-state index in [0.29, 0.717) is 11.7 Å². The van der Waals surface area contributed by atoms with Crippen LogP contribution in [0.4, 0.5) is 5.82 Å². The van der Waals surface area contributed by atoms with Crippen LogP contribution >= 0.6 is 0 Å². The summed E-state index contributed by atoms with van der Waals surface area (Å²) in [4.78, 5) is 8.76. The Hall–Kier alpha value is -1.58. The first-order chi connectivity index (χ1) is 7.43. The number of nitrogens with two attached hydrogens (primary N) is 1. The maximum absolute atomic E-state index is 5.98. The molecule has 0 unspecified atom stereocenters. The van der Waals surface area contributed by atoms with Gasteiger partial charge in [-0.3, -0.25) is 0 Å². The molecule has 0 saturated carbocycles. The molecule has 2 heterocycles. The summed E-state index contributed by atoms with van der Waals surface area (Å²) in [6.45, 7) is 8.27. The van der Waals surface area contributed by atoms with Gasteiger partial charge in [0.25, 0.3) is 0 Å². The van der Waals surface area contributed by atoms with E-state index in [1.807, 2.05) is 6.92 Å². The molecule has 86 valence electrons. The molecule has 0 amide bonds. The molecule has 0 saturated heterocycles. The van der Waals surface area contributed by atoms with Crippen molar-refractivity contribution in [3.05, 3.63) is 17.2 Å². The van der Waals surface area contributed by atoms with Crippen molar-refractivity contribution >= 4 is 16.7 Å². The first kappa shape index (κ1) is 10.9. The van der Waals surface area contributed by atoms with Gasteiger partial charge in [0.1, 0.15) is 11.6 Å². The Labute approximate surface area is 95.5 Å². The number of hydrogen-bond acceptors (Lipinski definition) is 3. The maximum Gasteiger partial charge on any atom is 0.136 e. The minimum absolute atomic E-state index is 0.426. The molecule has 0 aliphatic rings. The quantitative estimate of drug-likeness (QED) is 0.799. The monoisotopic (exact) mass is 218 g/mol. The van der Waals surface area contributed by atoms with Gasteiger partial charge in [0.05, 0.1) is 10.9 Å². The number of rotatable bonds is 1. The summed E-state index contributed by atoms with van der Waals surface area (Å²) in [7, 11) is 2.06. The average molecular weight is 218 g/mol. The van der Waals surface area contributed by atoms with E-state index in [2.05, 4.69) is 42.4 Å². The molecule has 0 bridgehead atoms. The summed E-state index contributed by atoms with van der Waals surface area (Å²) in [5, 5.41) is 0.997. The Bertz CT molecular complexity index is 552. The number of anilines is 1. The lowest BCUT2D eigenvalue weighted by atomic mass is 10.1. The molecule has 0 aromatic carbocycles. The molecule has 2 aromatic heterocycles. The molecule has 0 aliphatic carbocycles. The minimum Gasteiger partial charge on any atom is -0.383 e. The summed E-state index contributed by atoms with van der Waals surface area (Å²) in [5.74, 6) is 1.75. The van der Waals surface area contributed by atoms with Crippen LogP contribution in [0, 0.1) is 13.8 Å². The van der Waals surface area contributed by atoms with Crippen LogP contribution in [0.3, 0.4) is 0 Å². The van der Waals surface area contributed by atoms with Crippen molar-refractivity contribution in [1.82, 2.24) is 14.5 Å². The summed E-state index contributed by atoms with van der Waals surface area (Å²) >= 11 is 0. The summed E-state index contributed by atoms with van der Waals surface area (Å²) in [6, 6.07) is 0. The predicted octanol–water partition coefficient (Wildman–Crippen LogP) is 2.29. The van der Waals surface area contributed by atoms with Gasteiger partial charge in [-0.1, -0.05) is 13.8 Å². The van der Waals surface area contributed by atoms with Crippen LogP contribution in [0.25, 0.3) is 10.9 Å². The van der Waals surface area contributed by atoms with Crippen LogP contribution in [0.2, 0.25) is 0 Å². The van der Waals surface area contributed by atoms with Gasteiger partial charge in [-0.15, -0.1) is 0 Å². The second kappa shape index (κ2) is 3.47. The van der Waals surface area contributed by atoms with Gasteiger partial charge < -0.3 is 10.3 Å². The van der Waals surface area contributed by atoms with Gasteiger partial charge in [-0.25, -0.2) is 9.97 Å². The number of hydrogen-bond donors (Lipinski definition) is 1. The van der Waals surface area contributed by atoms with E-state index in [0.717, 1.165) is 22.4 Å². The van der Waals surface area contributed by atoms with Crippen LogP contribution < -0.4 is 5.73 Å². The maximum atomic E-state index is 5.98. The molecule has 0 aliphatic heterocycles. The normalized spacial score (nSPS) is 11.6. The molecule has 0 fully saturated rings. The van der Waals surface area contributed by atoms with Crippen LogP contribution in [-0.4, -0.2) is 14.5 Å². The Morgan fingerprint density at radius 3 is 2.38 bits per heavy atom. The number of aryl methyl sites for hydroxylation is 2. The van der Waals surface area contributed by atoms with Crippen LogP contribution in [0.15, 0.2) is 0 Å². The second-order valence-corrected chi connectivity index (χ2v) is 4.56. The first-order valence-electron chi connectivity index (χ1n) is 5.52. The van der Waals surface area contributed by atoms with E-state index in [9.17, 15) is 0 Å². The van der Waals surface area contributed by atoms with Crippen LogP contribution in [-0.2, 0) is 7.05 Å². The minimum atomic E-state index is 0.426. The molecule has 2 rings (SSSR count). The zero-order chi connectivity index (χ0) is 12.0. The largest absolute Gasteiger partial charge is 0.383 e. The lowest BCUT2D eigenvalue weighted by Crippen LogP contribution is -2.00. The van der Waals surface area contributed by atoms with Crippen molar-refractivity contribution < 1.29 is 0 Å². The predicted molar refractivity (Wildman–Crippen MR) is 66.5 cm³/mol. The molecule has 2 N–H and O–H groups in total. The highest BCUT2D eigenvalue weighted by molar-refractivity contribution is 5.93. The van der Waals surface area contributed by atoms with Crippen molar-refractivity contribution in [2.45, 2.75) is 33.6 Å². The molecular formula is C12H18N4. The lowest BCUT2D eigenvalue weighted by molar-refractivity contribution is 0.731. The SMILES string of the molecule is Cc1nc(N)c2c(C)n(C)c(C(C)C)c2n1. The standard InChI is InChI=1S/C12H18N4/c1-6(2)11-10-9(7(3)16(11)5)12(13)15-8(4)14-10/h6H,1-5H3,(H2,13,14,15). The molecule has 0 spiro atoms. The van der Waals surface area contributed by atoms with Crippen molar-refractivity contribution in [1.29, 1.82) is 0 Å². The third kappa shape index (κ3) is 1.37. The Morgan fingerprint density at radius 1 is 1.19 bits per heavy atom. The summed E-state index contributed by atoms with van der Waals surface area (Å²) in [6.07, 6.45) is 0. The van der Waals surface area contributed by atoms with E-state index in [4.69, 9.17) is 5.73 Å². The van der Waals surface area contributed by atoms with E-state index >= 15 is 0 Å². The summed E-state index contributed by atoms with van der Waals surface area (Å²) < 4.78 is 2.17. The topological polar surface area (TPSA) is 56.7 Å². The van der Waals surface area contributed by atoms with Crippen molar-refractivity contribution in [2.75, 3.05) is 5.73 Å². The highest BCUT2D eigenvalue weighted by Gasteiger charge is 2.18. The molecule has 4 heteroatoms. The number of nitrogen functional groups attached to an aromatic ring is 1. The van der Waals surface area contributed by atoms with E-state index in [1.54, 1.807) is 0 Å². The molecule has 0 radical (unpaired) electrons. The van der Waals surface area contributed by atoms with E-state index < -0.39 is 0 Å². The van der Waals surface area contributed by atoms with Gasteiger partial charge >= 0.3 is 0 Å². The van der Waals surface area contributed by atoms with Gasteiger partial charge in [0, 0.05) is 18.4 Å². The Kier molecular flexibility index (Phi) is 2.37. The zero-order valence-corrected chi connectivity index (χ0v) is 10.5. The van der Waals surface area contributed by atoms with E-state index in [1.165, 1.54) is 5.69 Å². The third-order valence-corrected chi connectivity index (χ3v) is 3.06. The fourth-order valence-corrected chi connectivity index (χ4v) is 2.30. The van der Waals surface area contributed by atoms with Crippen LogP contribution in [0.1, 0.15) is 37.0 Å². The van der Waals surface area contributed by atoms with Crippen LogP contribution in [0.5, 0.6) is 0 Å². The zero-order valence-electron chi connectivity index (χ0n) is 10.5. The molecule has 4 nitrogen and oxygen atoms in total. The highest BCUT2D eigenvalue weighted by Crippen LogP contribution is 2.31. The molecule has 0 atom stereocenters. The first-order valence-corrected chi connectivity index (χ1v) is 5.52. The van der Waals surface area contributed by atoms with E-state index in [-0.39, 0.29) is 0 Å². The molecular weight excluding hydrogens is 200 g/mol. The average Bonchev–Trinajstić information content (AvgIpc) is 2.38. The molecule has 2 aromatic rings. The van der Waals surface area contributed by atoms with Crippen molar-refractivity contribution in [3.63, 3.8) is 0 Å². The number of fused-ring (bicyclic) bond motifs is 1. The molecule has 16 heavy (non-hydrogen) atoms. The van der Waals surface area contributed by atoms with Gasteiger partial charge in [0.2, 0.25) is 0 Å². The number of nitrogens with zero attached hydrogens (tertiary/aromatic N) is 3. The van der Waals surface area contributed by atoms with Gasteiger partial charge in [-0.05, 0) is 19.8 Å². The lowest BCUT2D eigenvalue weighted by Gasteiger charge is -2.08. The number of aromatic nitrogens is 3. The van der Waals surface area contributed by atoms with Gasteiger partial charge in [-0.2, -0.15) is 0 Å². The fraction of sp³-hybridized carbons (Fsp3) is 0.500. The van der Waals surface area contributed by atoms with Crippen molar-refractivity contribution in [2.24, 2.45) is 7.05 Å².